The van der Waals surface area contributed by atoms with Gasteiger partial charge in [-0.1, -0.05) is 6.07 Å². The smallest absolute Gasteiger partial charge is 0.317 e. The highest BCUT2D eigenvalue weighted by Gasteiger charge is 2.35. The molecule has 0 radical (unpaired) electrons. The lowest BCUT2D eigenvalue weighted by atomic mass is 10.3. The van der Waals surface area contributed by atoms with Crippen molar-refractivity contribution in [3.8, 4) is 0 Å². The molecule has 1 aromatic rings. The number of carbonyl (C=O) groups excluding carboxylic acids is 2. The zero-order valence-corrected chi connectivity index (χ0v) is 9.53. The first kappa shape index (κ1) is 10.9. The van der Waals surface area contributed by atoms with Gasteiger partial charge >= 0.3 is 6.03 Å². The minimum absolute atomic E-state index is 0.195. The topological polar surface area (TPSA) is 62.3 Å². The molecule has 84 valence electrons. The highest BCUT2D eigenvalue weighted by Crippen LogP contribution is 2.20. The molecule has 6 heteroatoms. The van der Waals surface area contributed by atoms with E-state index in [1.54, 1.807) is 12.4 Å². The summed E-state index contributed by atoms with van der Waals surface area (Å²) in [7, 11) is 1.47. The van der Waals surface area contributed by atoms with Crippen molar-refractivity contribution in [1.29, 1.82) is 0 Å². The van der Waals surface area contributed by atoms with Crippen LogP contribution in [0.2, 0.25) is 0 Å². The first-order valence-electron chi connectivity index (χ1n) is 4.77. The molecule has 1 unspecified atom stereocenters. The van der Waals surface area contributed by atoms with E-state index in [0.29, 0.717) is 5.75 Å². The molecule has 16 heavy (non-hydrogen) atoms. The molecule has 5 nitrogen and oxygen atoms in total. The van der Waals surface area contributed by atoms with E-state index < -0.39 is 5.37 Å². The predicted molar refractivity (Wildman–Crippen MR) is 60.6 cm³/mol. The number of urea groups is 1. The van der Waals surface area contributed by atoms with Crippen molar-refractivity contribution in [3.05, 3.63) is 30.1 Å². The number of imide groups is 1. The second-order valence-electron chi connectivity index (χ2n) is 3.40. The number of hydrogen-bond acceptors (Lipinski definition) is 4. The molecule has 1 N–H and O–H groups in total. The molecule has 1 aliphatic heterocycles. The summed E-state index contributed by atoms with van der Waals surface area (Å²) in [6, 6.07) is 3.44. The van der Waals surface area contributed by atoms with Gasteiger partial charge in [-0.3, -0.25) is 14.7 Å². The van der Waals surface area contributed by atoms with Crippen LogP contribution in [0.3, 0.4) is 0 Å². The van der Waals surface area contributed by atoms with Crippen LogP contribution in [0.1, 0.15) is 5.56 Å². The van der Waals surface area contributed by atoms with E-state index in [1.165, 1.54) is 18.8 Å². The zero-order valence-electron chi connectivity index (χ0n) is 8.71. The van der Waals surface area contributed by atoms with Crippen LogP contribution in [0, 0.1) is 0 Å². The second-order valence-corrected chi connectivity index (χ2v) is 4.49. The van der Waals surface area contributed by atoms with E-state index in [1.807, 2.05) is 12.1 Å². The van der Waals surface area contributed by atoms with E-state index in [9.17, 15) is 9.59 Å². The highest BCUT2D eigenvalue weighted by molar-refractivity contribution is 7.99. The quantitative estimate of drug-likeness (QED) is 0.791. The van der Waals surface area contributed by atoms with Gasteiger partial charge in [0.25, 0.3) is 5.91 Å². The molecule has 1 aromatic heterocycles. The van der Waals surface area contributed by atoms with E-state index in [4.69, 9.17) is 0 Å². The van der Waals surface area contributed by atoms with Gasteiger partial charge in [-0.25, -0.2) is 4.79 Å². The summed E-state index contributed by atoms with van der Waals surface area (Å²) >= 11 is 1.39. The Labute approximate surface area is 97.2 Å². The normalized spacial score (nSPS) is 20.1. The number of likely N-dealkylation sites (N-methyl/N-ethyl adjacent to an activating group) is 1. The average Bonchev–Trinajstić information content (AvgIpc) is 2.56. The van der Waals surface area contributed by atoms with Crippen LogP contribution in [0.25, 0.3) is 0 Å². The number of pyridine rings is 1. The van der Waals surface area contributed by atoms with E-state index >= 15 is 0 Å². The number of hydrogen-bond donors (Lipinski definition) is 1. The van der Waals surface area contributed by atoms with Crippen LogP contribution in [-0.2, 0) is 10.5 Å². The largest absolute Gasteiger partial charge is 0.325 e. The van der Waals surface area contributed by atoms with Crippen molar-refractivity contribution >= 4 is 23.7 Å². The monoisotopic (exact) mass is 237 g/mol. The molecule has 0 aliphatic carbocycles. The fourth-order valence-corrected chi connectivity index (χ4v) is 2.34. The van der Waals surface area contributed by atoms with Crippen LogP contribution < -0.4 is 5.32 Å². The number of aromatic nitrogens is 1. The Balaban J connectivity index is 1.92. The number of nitrogens with one attached hydrogen (secondary N) is 1. The molecule has 0 saturated carbocycles. The molecule has 1 atom stereocenters. The molecule has 2 heterocycles. The van der Waals surface area contributed by atoms with Crippen LogP contribution in [0.5, 0.6) is 0 Å². The maximum Gasteiger partial charge on any atom is 0.325 e. The van der Waals surface area contributed by atoms with Gasteiger partial charge in [0.1, 0.15) is 0 Å². The number of nitrogens with zero attached hydrogens (tertiary/aromatic N) is 2. The average molecular weight is 237 g/mol. The summed E-state index contributed by atoms with van der Waals surface area (Å²) in [6.45, 7) is 0. The van der Waals surface area contributed by atoms with Crippen molar-refractivity contribution in [2.75, 3.05) is 7.05 Å². The molecule has 0 bridgehead atoms. The Morgan fingerprint density at radius 1 is 1.56 bits per heavy atom. The maximum atomic E-state index is 11.5. The lowest BCUT2D eigenvalue weighted by Gasteiger charge is -2.07. The molecule has 1 aliphatic rings. The highest BCUT2D eigenvalue weighted by atomic mass is 32.2. The van der Waals surface area contributed by atoms with E-state index in [2.05, 4.69) is 10.3 Å². The summed E-state index contributed by atoms with van der Waals surface area (Å²) < 4.78 is 0. The summed E-state index contributed by atoms with van der Waals surface area (Å²) in [6.07, 6.45) is 3.45. The van der Waals surface area contributed by atoms with Crippen LogP contribution in [-0.4, -0.2) is 34.2 Å². The summed E-state index contributed by atoms with van der Waals surface area (Å²) in [5.41, 5.74) is 1.03. The minimum atomic E-state index is -0.474. The van der Waals surface area contributed by atoms with Crippen molar-refractivity contribution in [2.24, 2.45) is 0 Å². The molecule has 0 spiro atoms. The molecule has 1 fully saturated rings. The van der Waals surface area contributed by atoms with Gasteiger partial charge < -0.3 is 5.32 Å². The van der Waals surface area contributed by atoms with Gasteiger partial charge in [-0.2, -0.15) is 0 Å². The number of thioether (sulfide) groups is 1. The van der Waals surface area contributed by atoms with Crippen molar-refractivity contribution in [1.82, 2.24) is 15.2 Å². The fraction of sp³-hybridized carbons (Fsp3) is 0.300. The van der Waals surface area contributed by atoms with Crippen molar-refractivity contribution in [2.45, 2.75) is 11.1 Å². The Morgan fingerprint density at radius 2 is 2.38 bits per heavy atom. The molecular weight excluding hydrogens is 226 g/mol. The Morgan fingerprint density at radius 3 is 2.94 bits per heavy atom. The lowest BCUT2D eigenvalue weighted by Crippen LogP contribution is -2.25. The number of amides is 3. The third kappa shape index (κ3) is 2.16. The Hall–Kier alpha value is -1.56. The number of rotatable bonds is 3. The van der Waals surface area contributed by atoms with E-state index in [0.717, 1.165) is 10.5 Å². The summed E-state index contributed by atoms with van der Waals surface area (Å²) in [4.78, 5) is 27.8. The van der Waals surface area contributed by atoms with Crippen molar-refractivity contribution in [3.63, 3.8) is 0 Å². The third-order valence-corrected chi connectivity index (χ3v) is 3.41. The maximum absolute atomic E-state index is 11.5. The van der Waals surface area contributed by atoms with Crippen molar-refractivity contribution < 1.29 is 9.59 Å². The van der Waals surface area contributed by atoms with Crippen LogP contribution in [0.4, 0.5) is 4.79 Å². The molecule has 1 saturated heterocycles. The van der Waals surface area contributed by atoms with Crippen LogP contribution in [0.15, 0.2) is 24.5 Å². The molecule has 0 aromatic carbocycles. The summed E-state index contributed by atoms with van der Waals surface area (Å²) in [5.74, 6) is 0.456. The van der Waals surface area contributed by atoms with Gasteiger partial charge in [-0.15, -0.1) is 11.8 Å². The third-order valence-electron chi connectivity index (χ3n) is 2.25. The first-order valence-corrected chi connectivity index (χ1v) is 5.82. The van der Waals surface area contributed by atoms with Crippen LogP contribution >= 0.6 is 11.8 Å². The fourth-order valence-electron chi connectivity index (χ4n) is 1.32. The first-order chi connectivity index (χ1) is 7.68. The molecule has 3 amide bonds. The van der Waals surface area contributed by atoms with E-state index in [-0.39, 0.29) is 11.9 Å². The van der Waals surface area contributed by atoms with Gasteiger partial charge in [0.2, 0.25) is 0 Å². The molecular formula is C10H11N3O2S. The predicted octanol–water partition coefficient (Wildman–Crippen LogP) is 0.823. The van der Waals surface area contributed by atoms with Gasteiger partial charge in [-0.05, 0) is 11.6 Å². The standard InChI is InChI=1S/C10H11N3O2S/c1-13-9(14)8(12-10(13)15)16-6-7-3-2-4-11-5-7/h2-5,8H,6H2,1H3,(H,12,15). The molecule has 2 rings (SSSR count). The van der Waals surface area contributed by atoms with Gasteiger partial charge in [0.05, 0.1) is 0 Å². The SMILES string of the molecule is CN1C(=O)NC(SCc2cccnc2)C1=O. The summed E-state index contributed by atoms with van der Waals surface area (Å²) in [5, 5.41) is 2.13. The number of carbonyl (C=O) groups is 2. The zero-order chi connectivity index (χ0) is 11.5. The van der Waals surface area contributed by atoms with Gasteiger partial charge in [0.15, 0.2) is 5.37 Å². The second kappa shape index (κ2) is 4.52. The van der Waals surface area contributed by atoms with Gasteiger partial charge in [0, 0.05) is 25.2 Å². The lowest BCUT2D eigenvalue weighted by molar-refractivity contribution is -0.124. The Kier molecular flexibility index (Phi) is 3.09. The Bertz CT molecular complexity index is 410. The minimum Gasteiger partial charge on any atom is -0.317 e.